The summed E-state index contributed by atoms with van der Waals surface area (Å²) >= 11 is 0. The van der Waals surface area contributed by atoms with Gasteiger partial charge in [0.05, 0.1) is 11.6 Å². The summed E-state index contributed by atoms with van der Waals surface area (Å²) in [4.78, 5) is 16.2. The average Bonchev–Trinajstić information content (AvgIpc) is 2.84. The molecule has 6 heteroatoms. The standard InChI is InChI=1S/C12H9FN4O/c1-7-4-8-11(9(13)5-7)14-6-17(12(8)18)10-2-3-15-16-10/h2-6H,1H3,(H,15,16). The smallest absolute Gasteiger partial charge is 0.267 e. The lowest BCUT2D eigenvalue weighted by molar-refractivity contribution is 0.634. The molecule has 3 aromatic rings. The van der Waals surface area contributed by atoms with E-state index in [0.29, 0.717) is 11.4 Å². The third-order valence-electron chi connectivity index (χ3n) is 2.70. The van der Waals surface area contributed by atoms with E-state index in [1.807, 2.05) is 0 Å². The summed E-state index contributed by atoms with van der Waals surface area (Å²) in [6.07, 6.45) is 2.82. The predicted octanol–water partition coefficient (Wildman–Crippen LogP) is 1.56. The maximum atomic E-state index is 13.7. The van der Waals surface area contributed by atoms with Crippen molar-refractivity contribution >= 4 is 10.9 Å². The highest BCUT2D eigenvalue weighted by Crippen LogP contribution is 2.14. The minimum atomic E-state index is -0.487. The molecule has 0 aliphatic rings. The molecule has 0 fully saturated rings. The van der Waals surface area contributed by atoms with Gasteiger partial charge in [-0.25, -0.2) is 9.37 Å². The summed E-state index contributed by atoms with van der Waals surface area (Å²) in [6, 6.07) is 4.62. The van der Waals surface area contributed by atoms with E-state index in [4.69, 9.17) is 0 Å². The lowest BCUT2D eigenvalue weighted by atomic mass is 10.1. The van der Waals surface area contributed by atoms with Gasteiger partial charge in [0, 0.05) is 6.07 Å². The van der Waals surface area contributed by atoms with Crippen LogP contribution >= 0.6 is 0 Å². The lowest BCUT2D eigenvalue weighted by Crippen LogP contribution is -2.19. The molecule has 0 amide bonds. The largest absolute Gasteiger partial charge is 0.268 e. The molecule has 90 valence electrons. The number of H-pyrrole nitrogens is 1. The molecule has 0 saturated heterocycles. The van der Waals surface area contributed by atoms with Crippen molar-refractivity contribution in [3.05, 3.63) is 52.5 Å². The summed E-state index contributed by atoms with van der Waals surface area (Å²) in [7, 11) is 0. The van der Waals surface area contributed by atoms with Crippen molar-refractivity contribution in [2.45, 2.75) is 6.92 Å². The molecule has 0 atom stereocenters. The topological polar surface area (TPSA) is 63.6 Å². The van der Waals surface area contributed by atoms with Gasteiger partial charge < -0.3 is 0 Å². The first-order valence-corrected chi connectivity index (χ1v) is 5.34. The second kappa shape index (κ2) is 3.76. The molecule has 0 aliphatic heterocycles. The van der Waals surface area contributed by atoms with E-state index in [9.17, 15) is 9.18 Å². The zero-order chi connectivity index (χ0) is 12.7. The van der Waals surface area contributed by atoms with Crippen molar-refractivity contribution in [3.63, 3.8) is 0 Å². The number of hydrogen-bond donors (Lipinski definition) is 1. The molecule has 0 aliphatic carbocycles. The fourth-order valence-electron chi connectivity index (χ4n) is 1.88. The van der Waals surface area contributed by atoms with Gasteiger partial charge in [0.15, 0.2) is 0 Å². The lowest BCUT2D eigenvalue weighted by Gasteiger charge is -2.05. The number of nitrogens with zero attached hydrogens (tertiary/aromatic N) is 3. The third-order valence-corrected chi connectivity index (χ3v) is 2.70. The molecule has 0 spiro atoms. The number of benzene rings is 1. The maximum absolute atomic E-state index is 13.7. The summed E-state index contributed by atoms with van der Waals surface area (Å²) in [5.41, 5.74) is 0.439. The second-order valence-electron chi connectivity index (χ2n) is 4.00. The molecule has 3 rings (SSSR count). The molecule has 0 radical (unpaired) electrons. The molecule has 2 heterocycles. The Balaban J connectivity index is 2.40. The van der Waals surface area contributed by atoms with E-state index in [-0.39, 0.29) is 16.5 Å². The van der Waals surface area contributed by atoms with Gasteiger partial charge in [0.2, 0.25) is 0 Å². The van der Waals surface area contributed by atoms with Crippen LogP contribution in [0.3, 0.4) is 0 Å². The predicted molar refractivity (Wildman–Crippen MR) is 64.2 cm³/mol. The molecular formula is C12H9FN4O. The van der Waals surface area contributed by atoms with Crippen LogP contribution in [-0.2, 0) is 0 Å². The molecular weight excluding hydrogens is 235 g/mol. The number of aryl methyl sites for hydroxylation is 1. The van der Waals surface area contributed by atoms with Crippen molar-refractivity contribution in [1.82, 2.24) is 19.7 Å². The number of aromatic amines is 1. The van der Waals surface area contributed by atoms with E-state index in [1.165, 1.54) is 23.2 Å². The zero-order valence-electron chi connectivity index (χ0n) is 9.51. The number of halogens is 1. The van der Waals surface area contributed by atoms with Gasteiger partial charge in [-0.2, -0.15) is 5.10 Å². The molecule has 18 heavy (non-hydrogen) atoms. The van der Waals surface area contributed by atoms with Crippen LogP contribution in [0.25, 0.3) is 16.7 Å². The Morgan fingerprint density at radius 1 is 1.39 bits per heavy atom. The maximum Gasteiger partial charge on any atom is 0.267 e. The van der Waals surface area contributed by atoms with Gasteiger partial charge in [-0.15, -0.1) is 0 Å². The number of fused-ring (bicyclic) bond motifs is 1. The minimum absolute atomic E-state index is 0.0846. The molecule has 1 aromatic carbocycles. The van der Waals surface area contributed by atoms with Crippen molar-refractivity contribution in [3.8, 4) is 5.82 Å². The number of nitrogens with one attached hydrogen (secondary N) is 1. The van der Waals surface area contributed by atoms with Crippen LogP contribution in [0.5, 0.6) is 0 Å². The van der Waals surface area contributed by atoms with Gasteiger partial charge in [0.1, 0.15) is 23.5 Å². The molecule has 0 bridgehead atoms. The van der Waals surface area contributed by atoms with Gasteiger partial charge in [-0.1, -0.05) is 0 Å². The fourth-order valence-corrected chi connectivity index (χ4v) is 1.88. The SMILES string of the molecule is Cc1cc(F)c2ncn(-c3ccn[nH]3)c(=O)c2c1. The van der Waals surface area contributed by atoms with Crippen LogP contribution in [0.15, 0.2) is 35.5 Å². The highest BCUT2D eigenvalue weighted by atomic mass is 19.1. The van der Waals surface area contributed by atoms with Crippen molar-refractivity contribution in [2.75, 3.05) is 0 Å². The van der Waals surface area contributed by atoms with Crippen molar-refractivity contribution in [2.24, 2.45) is 0 Å². The van der Waals surface area contributed by atoms with E-state index < -0.39 is 5.82 Å². The number of aromatic nitrogens is 4. The summed E-state index contributed by atoms with van der Waals surface area (Å²) in [6.45, 7) is 1.73. The van der Waals surface area contributed by atoms with Crippen molar-refractivity contribution in [1.29, 1.82) is 0 Å². The van der Waals surface area contributed by atoms with Gasteiger partial charge in [-0.3, -0.25) is 14.5 Å². The van der Waals surface area contributed by atoms with E-state index >= 15 is 0 Å². The summed E-state index contributed by atoms with van der Waals surface area (Å²) in [5.74, 6) is 0.00942. The number of rotatable bonds is 1. The Morgan fingerprint density at radius 3 is 2.94 bits per heavy atom. The highest BCUT2D eigenvalue weighted by Gasteiger charge is 2.10. The summed E-state index contributed by atoms with van der Waals surface area (Å²) < 4.78 is 15.0. The first-order chi connectivity index (χ1) is 8.66. The van der Waals surface area contributed by atoms with Gasteiger partial charge >= 0.3 is 0 Å². The van der Waals surface area contributed by atoms with Crippen LogP contribution < -0.4 is 5.56 Å². The van der Waals surface area contributed by atoms with E-state index in [1.54, 1.807) is 19.1 Å². The van der Waals surface area contributed by atoms with Crippen LogP contribution in [0.4, 0.5) is 4.39 Å². The average molecular weight is 244 g/mol. The Kier molecular flexibility index (Phi) is 2.22. The Labute approximate surface area is 101 Å². The van der Waals surface area contributed by atoms with E-state index in [0.717, 1.165) is 0 Å². The van der Waals surface area contributed by atoms with Crippen LogP contribution in [0.2, 0.25) is 0 Å². The van der Waals surface area contributed by atoms with Crippen LogP contribution in [0, 0.1) is 12.7 Å². The Bertz CT molecular complexity index is 777. The molecule has 0 saturated carbocycles. The third kappa shape index (κ3) is 1.50. The molecule has 1 N–H and O–H groups in total. The quantitative estimate of drug-likeness (QED) is 0.706. The number of hydrogen-bond acceptors (Lipinski definition) is 3. The monoisotopic (exact) mass is 244 g/mol. The Morgan fingerprint density at radius 2 is 2.22 bits per heavy atom. The normalized spacial score (nSPS) is 11.0. The van der Waals surface area contributed by atoms with Crippen molar-refractivity contribution < 1.29 is 4.39 Å². The highest BCUT2D eigenvalue weighted by molar-refractivity contribution is 5.79. The molecule has 2 aromatic heterocycles. The minimum Gasteiger partial charge on any atom is -0.268 e. The first kappa shape index (κ1) is 10.6. The van der Waals surface area contributed by atoms with Gasteiger partial charge in [-0.05, 0) is 24.6 Å². The fraction of sp³-hybridized carbons (Fsp3) is 0.0833. The van der Waals surface area contributed by atoms with Gasteiger partial charge in [0.25, 0.3) is 5.56 Å². The van der Waals surface area contributed by atoms with E-state index in [2.05, 4.69) is 15.2 Å². The Hall–Kier alpha value is -2.50. The second-order valence-corrected chi connectivity index (χ2v) is 4.00. The first-order valence-electron chi connectivity index (χ1n) is 5.34. The molecule has 5 nitrogen and oxygen atoms in total. The van der Waals surface area contributed by atoms with Crippen LogP contribution in [-0.4, -0.2) is 19.7 Å². The summed E-state index contributed by atoms with van der Waals surface area (Å²) in [5, 5.41) is 6.69. The molecule has 0 unspecified atom stereocenters. The van der Waals surface area contributed by atoms with Crippen LogP contribution in [0.1, 0.15) is 5.56 Å². The zero-order valence-corrected chi connectivity index (χ0v) is 9.51.